The number of carbonyl (C=O) groups excluding carboxylic acids is 2. The van der Waals surface area contributed by atoms with Gasteiger partial charge in [-0.1, -0.05) is 6.07 Å². The van der Waals surface area contributed by atoms with Crippen molar-refractivity contribution in [2.45, 2.75) is 19.8 Å². The number of piperidine rings is 1. The second-order valence-corrected chi connectivity index (χ2v) is 5.79. The van der Waals surface area contributed by atoms with Crippen molar-refractivity contribution < 1.29 is 9.59 Å². The van der Waals surface area contributed by atoms with Crippen molar-refractivity contribution in [3.8, 4) is 0 Å². The third-order valence-electron chi connectivity index (χ3n) is 3.46. The standard InChI is InChI=1S/C14H20N2O2S/c1-2-15-13(17)10-16-7-5-11(6-8-16)14(18)12-4-3-9-19-12/h3-4,9,11H,2,5-8,10H2,1H3,(H,15,17). The number of Topliss-reactive ketones (excluding diaryl/α,β-unsaturated/α-hetero) is 1. The van der Waals surface area contributed by atoms with E-state index in [0.29, 0.717) is 13.1 Å². The molecular weight excluding hydrogens is 260 g/mol. The molecule has 0 saturated carbocycles. The maximum Gasteiger partial charge on any atom is 0.234 e. The maximum atomic E-state index is 12.2. The maximum absolute atomic E-state index is 12.2. The lowest BCUT2D eigenvalue weighted by molar-refractivity contribution is -0.122. The number of hydrogen-bond acceptors (Lipinski definition) is 4. The summed E-state index contributed by atoms with van der Waals surface area (Å²) in [5.74, 6) is 0.474. The molecule has 4 nitrogen and oxygen atoms in total. The van der Waals surface area contributed by atoms with Gasteiger partial charge in [-0.05, 0) is 44.3 Å². The lowest BCUT2D eigenvalue weighted by Crippen LogP contribution is -2.42. The fraction of sp³-hybridized carbons (Fsp3) is 0.571. The van der Waals surface area contributed by atoms with Crippen LogP contribution in [0.2, 0.25) is 0 Å². The summed E-state index contributed by atoms with van der Waals surface area (Å²) in [7, 11) is 0. The predicted octanol–water partition coefficient (Wildman–Crippen LogP) is 1.78. The van der Waals surface area contributed by atoms with Gasteiger partial charge < -0.3 is 5.32 Å². The number of ketones is 1. The molecule has 1 amide bonds. The van der Waals surface area contributed by atoms with Crippen LogP contribution in [0.15, 0.2) is 17.5 Å². The fourth-order valence-electron chi connectivity index (χ4n) is 2.43. The zero-order valence-electron chi connectivity index (χ0n) is 11.2. The van der Waals surface area contributed by atoms with Crippen molar-refractivity contribution in [3.63, 3.8) is 0 Å². The largest absolute Gasteiger partial charge is 0.355 e. The molecule has 2 heterocycles. The minimum Gasteiger partial charge on any atom is -0.355 e. The average molecular weight is 280 g/mol. The smallest absolute Gasteiger partial charge is 0.234 e. The summed E-state index contributed by atoms with van der Waals surface area (Å²) in [6.45, 7) is 4.71. The molecule has 0 aromatic carbocycles. The van der Waals surface area contributed by atoms with Gasteiger partial charge in [-0.3, -0.25) is 14.5 Å². The van der Waals surface area contributed by atoms with Gasteiger partial charge in [-0.15, -0.1) is 11.3 Å². The van der Waals surface area contributed by atoms with Crippen molar-refractivity contribution in [1.29, 1.82) is 0 Å². The summed E-state index contributed by atoms with van der Waals surface area (Å²) in [5, 5.41) is 4.75. The highest BCUT2D eigenvalue weighted by molar-refractivity contribution is 7.12. The van der Waals surface area contributed by atoms with Crippen LogP contribution >= 0.6 is 11.3 Å². The number of thiophene rings is 1. The molecule has 1 saturated heterocycles. The van der Waals surface area contributed by atoms with Crippen LogP contribution in [0.1, 0.15) is 29.4 Å². The summed E-state index contributed by atoms with van der Waals surface area (Å²) in [5.41, 5.74) is 0. The molecule has 0 bridgehead atoms. The molecule has 1 aliphatic rings. The Hall–Kier alpha value is -1.20. The van der Waals surface area contributed by atoms with E-state index in [1.54, 1.807) is 0 Å². The zero-order valence-corrected chi connectivity index (χ0v) is 12.0. The molecule has 1 N–H and O–H groups in total. The molecule has 1 fully saturated rings. The highest BCUT2D eigenvalue weighted by atomic mass is 32.1. The van der Waals surface area contributed by atoms with E-state index < -0.39 is 0 Å². The van der Waals surface area contributed by atoms with Gasteiger partial charge >= 0.3 is 0 Å². The Balaban J connectivity index is 1.79. The van der Waals surface area contributed by atoms with Crippen LogP contribution in [0.4, 0.5) is 0 Å². The topological polar surface area (TPSA) is 49.4 Å². The molecule has 104 valence electrons. The molecule has 0 atom stereocenters. The van der Waals surface area contributed by atoms with Crippen LogP contribution in [0.3, 0.4) is 0 Å². The van der Waals surface area contributed by atoms with Crippen molar-refractivity contribution in [3.05, 3.63) is 22.4 Å². The summed E-state index contributed by atoms with van der Waals surface area (Å²) >= 11 is 1.52. The quantitative estimate of drug-likeness (QED) is 0.836. The van der Waals surface area contributed by atoms with Gasteiger partial charge in [0.1, 0.15) is 0 Å². The van der Waals surface area contributed by atoms with Crippen LogP contribution in [-0.4, -0.2) is 42.8 Å². The number of likely N-dealkylation sites (N-methyl/N-ethyl adjacent to an activating group) is 1. The first-order chi connectivity index (χ1) is 9.20. The normalized spacial score (nSPS) is 17.3. The Morgan fingerprint density at radius 3 is 2.74 bits per heavy atom. The highest BCUT2D eigenvalue weighted by Gasteiger charge is 2.26. The van der Waals surface area contributed by atoms with Crippen LogP contribution < -0.4 is 5.32 Å². The number of nitrogens with zero attached hydrogens (tertiary/aromatic N) is 1. The van der Waals surface area contributed by atoms with Crippen molar-refractivity contribution in [1.82, 2.24) is 10.2 Å². The third kappa shape index (κ3) is 3.88. The number of carbonyl (C=O) groups is 2. The first-order valence-corrected chi connectivity index (χ1v) is 7.65. The summed E-state index contributed by atoms with van der Waals surface area (Å²) in [6.07, 6.45) is 1.71. The summed E-state index contributed by atoms with van der Waals surface area (Å²) in [6, 6.07) is 3.82. The van der Waals surface area contributed by atoms with Crippen LogP contribution in [-0.2, 0) is 4.79 Å². The fourth-order valence-corrected chi connectivity index (χ4v) is 3.17. The molecule has 0 aliphatic carbocycles. The number of rotatable bonds is 5. The van der Waals surface area contributed by atoms with E-state index in [2.05, 4.69) is 10.2 Å². The number of hydrogen-bond donors (Lipinski definition) is 1. The highest BCUT2D eigenvalue weighted by Crippen LogP contribution is 2.23. The van der Waals surface area contributed by atoms with E-state index in [-0.39, 0.29) is 17.6 Å². The zero-order chi connectivity index (χ0) is 13.7. The van der Waals surface area contributed by atoms with Gasteiger partial charge in [0.15, 0.2) is 5.78 Å². The Labute approximate surface area is 117 Å². The van der Waals surface area contributed by atoms with Crippen LogP contribution in [0.25, 0.3) is 0 Å². The van der Waals surface area contributed by atoms with Crippen molar-refractivity contribution in [2.75, 3.05) is 26.2 Å². The molecule has 0 unspecified atom stereocenters. The number of amides is 1. The molecule has 0 spiro atoms. The summed E-state index contributed by atoms with van der Waals surface area (Å²) in [4.78, 5) is 26.7. The van der Waals surface area contributed by atoms with Gasteiger partial charge in [0.2, 0.25) is 5.91 Å². The first-order valence-electron chi connectivity index (χ1n) is 6.77. The Kier molecular flexibility index (Phi) is 5.10. The van der Waals surface area contributed by atoms with Gasteiger partial charge in [0.25, 0.3) is 0 Å². The molecule has 19 heavy (non-hydrogen) atoms. The van der Waals surface area contributed by atoms with E-state index in [1.165, 1.54) is 11.3 Å². The Morgan fingerprint density at radius 1 is 1.42 bits per heavy atom. The SMILES string of the molecule is CCNC(=O)CN1CCC(C(=O)c2cccs2)CC1. The molecule has 1 aromatic heterocycles. The lowest BCUT2D eigenvalue weighted by Gasteiger charge is -2.30. The van der Waals surface area contributed by atoms with Gasteiger partial charge in [-0.2, -0.15) is 0 Å². The molecule has 1 aromatic rings. The minimum absolute atomic E-state index is 0.0746. The average Bonchev–Trinajstić information content (AvgIpc) is 2.93. The lowest BCUT2D eigenvalue weighted by atomic mass is 9.92. The second kappa shape index (κ2) is 6.82. The second-order valence-electron chi connectivity index (χ2n) is 4.85. The van der Waals surface area contributed by atoms with Gasteiger partial charge in [-0.25, -0.2) is 0 Å². The van der Waals surface area contributed by atoms with Crippen LogP contribution in [0, 0.1) is 5.92 Å². The van der Waals surface area contributed by atoms with Gasteiger partial charge in [0.05, 0.1) is 11.4 Å². The van der Waals surface area contributed by atoms with E-state index in [1.807, 2.05) is 24.4 Å². The van der Waals surface area contributed by atoms with Crippen molar-refractivity contribution in [2.24, 2.45) is 5.92 Å². The number of likely N-dealkylation sites (tertiary alicyclic amines) is 1. The predicted molar refractivity (Wildman–Crippen MR) is 76.5 cm³/mol. The molecule has 1 aliphatic heterocycles. The van der Waals surface area contributed by atoms with E-state index in [0.717, 1.165) is 30.8 Å². The number of nitrogens with one attached hydrogen (secondary N) is 1. The molecule has 0 radical (unpaired) electrons. The summed E-state index contributed by atoms with van der Waals surface area (Å²) < 4.78 is 0. The van der Waals surface area contributed by atoms with E-state index in [9.17, 15) is 9.59 Å². The molecule has 2 rings (SSSR count). The van der Waals surface area contributed by atoms with Crippen LogP contribution in [0.5, 0.6) is 0 Å². The third-order valence-corrected chi connectivity index (χ3v) is 4.35. The minimum atomic E-state index is 0.0746. The first kappa shape index (κ1) is 14.2. The van der Waals surface area contributed by atoms with Gasteiger partial charge in [0, 0.05) is 12.5 Å². The monoisotopic (exact) mass is 280 g/mol. The Morgan fingerprint density at radius 2 is 2.16 bits per heavy atom. The van der Waals surface area contributed by atoms with E-state index >= 15 is 0 Å². The molecule has 5 heteroatoms. The van der Waals surface area contributed by atoms with E-state index in [4.69, 9.17) is 0 Å². The van der Waals surface area contributed by atoms with Crippen molar-refractivity contribution >= 4 is 23.0 Å². The molecular formula is C14H20N2O2S. The Bertz CT molecular complexity index is 423.